The van der Waals surface area contributed by atoms with Gasteiger partial charge in [0.25, 0.3) is 0 Å². The Bertz CT molecular complexity index is 276. The molecule has 0 atom stereocenters. The molecule has 3 nitrogen and oxygen atoms in total. The molecule has 0 aliphatic heterocycles. The molecule has 1 aromatic carbocycles. The second-order valence-corrected chi connectivity index (χ2v) is 5.74. The molecule has 13 heavy (non-hydrogen) atoms. The normalized spacial score (nSPS) is 9.38. The van der Waals surface area contributed by atoms with Crippen LogP contribution >= 0.6 is 6.19 Å². The standard InChI is InChI=1S/C6H7O3PSe.2Li/c7-10(8,11)9-6-4-2-1-3-5-6;;/h1-5H,(H2,7,8,11);;/q;2*+1/p-2. The summed E-state index contributed by atoms with van der Waals surface area (Å²) in [6.45, 7) is 0. The number of hydrogen-bond donors (Lipinski definition) is 0. The maximum absolute atomic E-state index is 10.6. The van der Waals surface area contributed by atoms with Gasteiger partial charge >= 0.3 is 109 Å². The van der Waals surface area contributed by atoms with Crippen LogP contribution in [0.3, 0.4) is 0 Å². The molecule has 0 aliphatic carbocycles. The molecule has 0 heterocycles. The third kappa shape index (κ3) is 8.10. The van der Waals surface area contributed by atoms with Crippen LogP contribution in [0.1, 0.15) is 0 Å². The Balaban J connectivity index is 0. The Morgan fingerprint density at radius 1 is 1.08 bits per heavy atom. The molecule has 60 valence electrons. The average molecular weight is 249 g/mol. The molecule has 0 saturated heterocycles. The summed E-state index contributed by atoms with van der Waals surface area (Å²) in [4.78, 5) is 21.1. The first-order chi connectivity index (χ1) is 5.08. The quantitative estimate of drug-likeness (QED) is 0.387. The summed E-state index contributed by atoms with van der Waals surface area (Å²) in [5.41, 5.74) is 0. The van der Waals surface area contributed by atoms with Gasteiger partial charge < -0.3 is 0 Å². The van der Waals surface area contributed by atoms with Gasteiger partial charge in [0.15, 0.2) is 0 Å². The van der Waals surface area contributed by atoms with Gasteiger partial charge in [-0.3, -0.25) is 0 Å². The minimum atomic E-state index is -3.76. The van der Waals surface area contributed by atoms with Gasteiger partial charge in [0, 0.05) is 0 Å². The Morgan fingerprint density at radius 3 is 1.92 bits per heavy atom. The van der Waals surface area contributed by atoms with Gasteiger partial charge in [0.2, 0.25) is 0 Å². The summed E-state index contributed by atoms with van der Waals surface area (Å²) in [6.07, 6.45) is -3.76. The maximum atomic E-state index is 10.6. The first-order valence-electron chi connectivity index (χ1n) is 2.85. The number of hydrogen-bond acceptors (Lipinski definition) is 3. The second kappa shape index (κ2) is 7.39. The fourth-order valence-electron chi connectivity index (χ4n) is 0.610. The molecule has 1 aromatic rings. The van der Waals surface area contributed by atoms with Crippen molar-refractivity contribution in [3.63, 3.8) is 0 Å². The van der Waals surface area contributed by atoms with E-state index < -0.39 is 6.19 Å². The predicted octanol–water partition coefficient (Wildman–Crippen LogP) is -6.36. The molecule has 1 rings (SSSR count). The minimum absolute atomic E-state index is 0. The molecule has 0 saturated carbocycles. The molecule has 0 radical (unpaired) electrons. The van der Waals surface area contributed by atoms with E-state index in [4.69, 9.17) is 0 Å². The number of rotatable bonds is 2. The Morgan fingerprint density at radius 2 is 1.54 bits per heavy atom. The van der Waals surface area contributed by atoms with Crippen molar-refractivity contribution in [2.45, 2.75) is 0 Å². The van der Waals surface area contributed by atoms with Crippen LogP contribution in [-0.4, -0.2) is 15.1 Å². The van der Waals surface area contributed by atoms with E-state index in [2.05, 4.69) is 4.52 Å². The van der Waals surface area contributed by atoms with Gasteiger partial charge in [0.1, 0.15) is 0 Å². The van der Waals surface area contributed by atoms with Crippen LogP contribution in [0.15, 0.2) is 30.3 Å². The fourth-order valence-corrected chi connectivity index (χ4v) is 1.53. The van der Waals surface area contributed by atoms with Crippen LogP contribution in [0.25, 0.3) is 0 Å². The van der Waals surface area contributed by atoms with Crippen molar-refractivity contribution in [3.05, 3.63) is 30.3 Å². The summed E-state index contributed by atoms with van der Waals surface area (Å²) in [7, 11) is 0. The average Bonchev–Trinajstić information content (AvgIpc) is 1.85. The summed E-state index contributed by atoms with van der Waals surface area (Å²) in [5, 5.41) is 0. The number of benzene rings is 1. The molecular weight excluding hydrogens is 244 g/mol. The summed E-state index contributed by atoms with van der Waals surface area (Å²) in [6, 6.07) is 8.32. The molecule has 0 unspecified atom stereocenters. The van der Waals surface area contributed by atoms with Gasteiger partial charge in [-0.1, -0.05) is 0 Å². The van der Waals surface area contributed by atoms with Crippen molar-refractivity contribution in [3.8, 4) is 5.75 Å². The molecule has 0 aliphatic rings. The van der Waals surface area contributed by atoms with Crippen molar-refractivity contribution in [1.29, 1.82) is 0 Å². The topological polar surface area (TPSA) is 55.3 Å². The Kier molecular flexibility index (Phi) is 9.38. The van der Waals surface area contributed by atoms with Crippen molar-refractivity contribution >= 4 is 21.3 Å². The van der Waals surface area contributed by atoms with Crippen molar-refractivity contribution in [1.82, 2.24) is 0 Å². The van der Waals surface area contributed by atoms with Crippen LogP contribution in [0.2, 0.25) is 0 Å². The van der Waals surface area contributed by atoms with E-state index in [0.717, 1.165) is 0 Å². The molecule has 7 heteroatoms. The van der Waals surface area contributed by atoms with Crippen molar-refractivity contribution in [2.24, 2.45) is 0 Å². The second-order valence-electron chi connectivity index (χ2n) is 1.85. The predicted molar refractivity (Wildman–Crippen MR) is 39.7 cm³/mol. The summed E-state index contributed by atoms with van der Waals surface area (Å²) >= 11 is 1.94. The van der Waals surface area contributed by atoms with E-state index >= 15 is 0 Å². The van der Waals surface area contributed by atoms with E-state index in [-0.39, 0.29) is 37.7 Å². The van der Waals surface area contributed by atoms with Gasteiger partial charge in [0.05, 0.1) is 0 Å². The molecule has 0 amide bonds. The molecule has 0 N–H and O–H groups in total. The molecular formula is C6H5Li2O3PSe. The van der Waals surface area contributed by atoms with Gasteiger partial charge in [-0.15, -0.1) is 0 Å². The van der Waals surface area contributed by atoms with Gasteiger partial charge in [-0.2, -0.15) is 0 Å². The molecule has 0 spiro atoms. The zero-order valence-electron chi connectivity index (χ0n) is 7.47. The van der Waals surface area contributed by atoms with Crippen LogP contribution in [0, 0.1) is 0 Å². The first-order valence-corrected chi connectivity index (χ1v) is 6.60. The van der Waals surface area contributed by atoms with Gasteiger partial charge in [-0.05, 0) is 0 Å². The third-order valence-electron chi connectivity index (χ3n) is 0.960. The Hall–Kier alpha value is 1.08. The molecule has 0 fully saturated rings. The third-order valence-corrected chi connectivity index (χ3v) is 1.86. The van der Waals surface area contributed by atoms with Crippen LogP contribution in [0.5, 0.6) is 5.75 Å². The zero-order chi connectivity index (χ0) is 8.32. The van der Waals surface area contributed by atoms with Crippen LogP contribution < -0.4 is 52.0 Å². The van der Waals surface area contributed by atoms with E-state index in [0.29, 0.717) is 5.75 Å². The Labute approximate surface area is 109 Å². The van der Waals surface area contributed by atoms with Crippen molar-refractivity contribution < 1.29 is 52.0 Å². The fraction of sp³-hybridized carbons (Fsp3) is 0. The first kappa shape index (κ1) is 16.5. The van der Waals surface area contributed by atoms with Gasteiger partial charge in [-0.25, -0.2) is 0 Å². The summed E-state index contributed by atoms with van der Waals surface area (Å²) in [5.74, 6) is 0.324. The zero-order valence-corrected chi connectivity index (χ0v) is 10.1. The monoisotopic (exact) mass is 250 g/mol. The molecule has 0 bridgehead atoms. The SMILES string of the molecule is [Li+].[Li+].[O-]P([O-])(=[Se])Oc1ccccc1. The van der Waals surface area contributed by atoms with E-state index in [1.165, 1.54) is 0 Å². The summed E-state index contributed by atoms with van der Waals surface area (Å²) < 4.78 is 4.55. The van der Waals surface area contributed by atoms with E-state index in [1.807, 2.05) is 15.1 Å². The van der Waals surface area contributed by atoms with Crippen LogP contribution in [-0.2, 0) is 0 Å². The van der Waals surface area contributed by atoms with Crippen molar-refractivity contribution in [2.75, 3.05) is 0 Å². The van der Waals surface area contributed by atoms with E-state index in [9.17, 15) is 9.79 Å². The molecule has 0 aromatic heterocycles. The van der Waals surface area contributed by atoms with Crippen LogP contribution in [0.4, 0.5) is 0 Å². The number of para-hydroxylation sites is 1. The van der Waals surface area contributed by atoms with E-state index in [1.54, 1.807) is 30.3 Å².